The van der Waals surface area contributed by atoms with E-state index in [4.69, 9.17) is 14.2 Å². The number of carbonyl (C=O) groups is 1. The minimum Gasteiger partial charge on any atom is -0.492 e. The monoisotopic (exact) mass is 282 g/mol. The fraction of sp³-hybridized carbons (Fsp3) is 0.235. The van der Waals surface area contributed by atoms with Crippen molar-refractivity contribution in [3.63, 3.8) is 0 Å². The molecule has 0 atom stereocenters. The lowest BCUT2D eigenvalue weighted by atomic mass is 9.99. The van der Waals surface area contributed by atoms with Gasteiger partial charge in [-0.3, -0.25) is 4.79 Å². The molecule has 2 aliphatic rings. The Labute approximate surface area is 122 Å². The van der Waals surface area contributed by atoms with Gasteiger partial charge >= 0.3 is 0 Å². The number of hydrogen-bond donors (Lipinski definition) is 0. The van der Waals surface area contributed by atoms with Crippen molar-refractivity contribution < 1.29 is 19.0 Å². The summed E-state index contributed by atoms with van der Waals surface area (Å²) in [6.07, 6.45) is 0.859. The Morgan fingerprint density at radius 2 is 1.76 bits per heavy atom. The molecule has 2 aromatic carbocycles. The van der Waals surface area contributed by atoms with E-state index in [0.29, 0.717) is 42.4 Å². The highest BCUT2D eigenvalue weighted by molar-refractivity contribution is 6.11. The van der Waals surface area contributed by atoms with Crippen molar-refractivity contribution in [1.82, 2.24) is 0 Å². The molecule has 0 spiro atoms. The molecule has 0 N–H and O–H groups in total. The molecule has 0 amide bonds. The summed E-state index contributed by atoms with van der Waals surface area (Å²) in [5.74, 6) is 1.98. The van der Waals surface area contributed by atoms with Gasteiger partial charge in [-0.25, -0.2) is 0 Å². The maximum atomic E-state index is 12.7. The summed E-state index contributed by atoms with van der Waals surface area (Å²) in [6, 6.07) is 11.0. The van der Waals surface area contributed by atoms with Crippen LogP contribution in [0.4, 0.5) is 0 Å². The highest BCUT2D eigenvalue weighted by Gasteiger charge is 2.22. The normalized spacial score (nSPS) is 15.2. The van der Waals surface area contributed by atoms with Crippen molar-refractivity contribution in [2.45, 2.75) is 6.42 Å². The van der Waals surface area contributed by atoms with Crippen LogP contribution >= 0.6 is 0 Å². The summed E-state index contributed by atoms with van der Waals surface area (Å²) in [6.45, 7) is 1.69. The number of carbonyl (C=O) groups excluding carboxylic acids is 1. The number of ketones is 1. The number of benzene rings is 2. The first kappa shape index (κ1) is 12.3. The van der Waals surface area contributed by atoms with Crippen LogP contribution < -0.4 is 14.2 Å². The first-order valence-electron chi connectivity index (χ1n) is 7.02. The third-order valence-electron chi connectivity index (χ3n) is 3.76. The zero-order valence-corrected chi connectivity index (χ0v) is 11.4. The molecule has 0 aromatic heterocycles. The Hall–Kier alpha value is -2.49. The Bertz CT molecular complexity index is 721. The fourth-order valence-electron chi connectivity index (χ4n) is 2.73. The topological polar surface area (TPSA) is 44.8 Å². The second kappa shape index (κ2) is 4.81. The van der Waals surface area contributed by atoms with Crippen molar-refractivity contribution in [2.24, 2.45) is 0 Å². The Balaban J connectivity index is 1.74. The van der Waals surface area contributed by atoms with Crippen LogP contribution in [0, 0.1) is 0 Å². The molecule has 0 unspecified atom stereocenters. The lowest BCUT2D eigenvalue weighted by Gasteiger charge is -2.18. The lowest BCUT2D eigenvalue weighted by molar-refractivity contribution is 0.103. The molecule has 2 aromatic rings. The number of hydrogen-bond acceptors (Lipinski definition) is 4. The van der Waals surface area contributed by atoms with E-state index >= 15 is 0 Å². The van der Waals surface area contributed by atoms with Crippen LogP contribution in [-0.2, 0) is 6.42 Å². The zero-order chi connectivity index (χ0) is 14.2. The second-order valence-electron chi connectivity index (χ2n) is 5.08. The highest BCUT2D eigenvalue weighted by Crippen LogP contribution is 2.34. The van der Waals surface area contributed by atoms with Gasteiger partial charge in [-0.2, -0.15) is 0 Å². The van der Waals surface area contributed by atoms with Crippen LogP contribution in [0.25, 0.3) is 0 Å². The van der Waals surface area contributed by atoms with E-state index in [0.717, 1.165) is 17.7 Å². The number of fused-ring (bicyclic) bond motifs is 2. The summed E-state index contributed by atoms with van der Waals surface area (Å²) >= 11 is 0. The van der Waals surface area contributed by atoms with Crippen molar-refractivity contribution >= 4 is 5.78 Å². The van der Waals surface area contributed by atoms with Gasteiger partial charge in [-0.1, -0.05) is 12.1 Å². The Morgan fingerprint density at radius 3 is 2.67 bits per heavy atom. The van der Waals surface area contributed by atoms with Crippen molar-refractivity contribution in [3.8, 4) is 17.2 Å². The molecule has 0 saturated heterocycles. The van der Waals surface area contributed by atoms with Gasteiger partial charge < -0.3 is 14.2 Å². The van der Waals surface area contributed by atoms with Crippen LogP contribution in [0.1, 0.15) is 21.5 Å². The Kier molecular flexibility index (Phi) is 2.81. The largest absolute Gasteiger partial charge is 0.492 e. The lowest BCUT2D eigenvalue weighted by Crippen LogP contribution is -2.16. The maximum absolute atomic E-state index is 12.7. The predicted molar refractivity (Wildman–Crippen MR) is 76.5 cm³/mol. The third kappa shape index (κ3) is 2.03. The summed E-state index contributed by atoms with van der Waals surface area (Å²) in [4.78, 5) is 12.7. The first-order chi connectivity index (χ1) is 10.3. The van der Waals surface area contributed by atoms with Crippen molar-refractivity contribution in [1.29, 1.82) is 0 Å². The SMILES string of the molecule is O=C(c1ccc2c(c1)OCCO2)c1cccc2c1OCC2. The van der Waals surface area contributed by atoms with Gasteiger partial charge in [0.25, 0.3) is 0 Å². The summed E-state index contributed by atoms with van der Waals surface area (Å²) in [5.41, 5.74) is 2.29. The molecule has 0 radical (unpaired) electrons. The zero-order valence-electron chi connectivity index (χ0n) is 11.4. The second-order valence-corrected chi connectivity index (χ2v) is 5.08. The summed E-state index contributed by atoms with van der Waals surface area (Å²) in [5, 5.41) is 0. The first-order valence-corrected chi connectivity index (χ1v) is 7.02. The molecule has 21 heavy (non-hydrogen) atoms. The highest BCUT2D eigenvalue weighted by atomic mass is 16.6. The number of para-hydroxylation sites is 1. The standard InChI is InChI=1S/C17H14O4/c18-16(13-3-1-2-11-6-7-21-17(11)13)12-4-5-14-15(10-12)20-9-8-19-14/h1-5,10H,6-9H2. The Morgan fingerprint density at radius 1 is 0.905 bits per heavy atom. The molecule has 0 fully saturated rings. The molecule has 106 valence electrons. The molecular formula is C17H14O4. The van der Waals surface area contributed by atoms with E-state index in [1.165, 1.54) is 0 Å². The molecule has 2 aliphatic heterocycles. The number of ether oxygens (including phenoxy) is 3. The van der Waals surface area contributed by atoms with Gasteiger partial charge in [0.2, 0.25) is 0 Å². The molecule has 2 heterocycles. The van der Waals surface area contributed by atoms with Crippen molar-refractivity contribution in [3.05, 3.63) is 53.1 Å². The van der Waals surface area contributed by atoms with Gasteiger partial charge in [0, 0.05) is 12.0 Å². The van der Waals surface area contributed by atoms with E-state index in [1.54, 1.807) is 18.2 Å². The molecule has 4 rings (SSSR count). The average Bonchev–Trinajstić information content (AvgIpc) is 3.02. The molecule has 4 heteroatoms. The smallest absolute Gasteiger partial charge is 0.196 e. The minimum atomic E-state index is -0.0503. The molecule has 4 nitrogen and oxygen atoms in total. The fourth-order valence-corrected chi connectivity index (χ4v) is 2.73. The van der Waals surface area contributed by atoms with E-state index in [-0.39, 0.29) is 5.78 Å². The van der Waals surface area contributed by atoms with E-state index in [1.807, 2.05) is 18.2 Å². The molecule has 0 saturated carbocycles. The van der Waals surface area contributed by atoms with Crippen LogP contribution in [0.15, 0.2) is 36.4 Å². The minimum absolute atomic E-state index is 0.0503. The predicted octanol–water partition coefficient (Wildman–Crippen LogP) is 2.62. The van der Waals surface area contributed by atoms with E-state index in [2.05, 4.69) is 0 Å². The van der Waals surface area contributed by atoms with Gasteiger partial charge in [0.05, 0.1) is 12.2 Å². The summed E-state index contributed by atoms with van der Waals surface area (Å²) in [7, 11) is 0. The van der Waals surface area contributed by atoms with Gasteiger partial charge in [0.15, 0.2) is 17.3 Å². The molecule has 0 aliphatic carbocycles. The quantitative estimate of drug-likeness (QED) is 0.794. The van der Waals surface area contributed by atoms with Gasteiger partial charge in [-0.05, 0) is 29.8 Å². The van der Waals surface area contributed by atoms with Gasteiger partial charge in [-0.15, -0.1) is 0 Å². The number of rotatable bonds is 2. The molecular weight excluding hydrogens is 268 g/mol. The average molecular weight is 282 g/mol. The third-order valence-corrected chi connectivity index (χ3v) is 3.76. The maximum Gasteiger partial charge on any atom is 0.196 e. The summed E-state index contributed by atoms with van der Waals surface area (Å²) < 4.78 is 16.6. The van der Waals surface area contributed by atoms with E-state index in [9.17, 15) is 4.79 Å². The van der Waals surface area contributed by atoms with Crippen LogP contribution in [0.2, 0.25) is 0 Å². The van der Waals surface area contributed by atoms with E-state index < -0.39 is 0 Å². The van der Waals surface area contributed by atoms with Crippen molar-refractivity contribution in [2.75, 3.05) is 19.8 Å². The van der Waals surface area contributed by atoms with Crippen LogP contribution in [0.5, 0.6) is 17.2 Å². The van der Waals surface area contributed by atoms with Gasteiger partial charge in [0.1, 0.15) is 19.0 Å². The van der Waals surface area contributed by atoms with Crippen LogP contribution in [-0.4, -0.2) is 25.6 Å². The van der Waals surface area contributed by atoms with Crippen LogP contribution in [0.3, 0.4) is 0 Å². The molecule has 0 bridgehead atoms.